The first kappa shape index (κ1) is 35.4. The van der Waals surface area contributed by atoms with E-state index in [1.165, 1.54) is 38.7 Å². The molecule has 0 aliphatic carbocycles. The van der Waals surface area contributed by atoms with Gasteiger partial charge >= 0.3 is 0 Å². The Kier molecular flexibility index (Phi) is 12.3. The summed E-state index contributed by atoms with van der Waals surface area (Å²) in [6.07, 6.45) is 5.41. The Morgan fingerprint density at radius 3 is 2.07 bits per heavy atom. The van der Waals surface area contributed by atoms with Crippen molar-refractivity contribution >= 4 is 27.3 Å². The quantitative estimate of drug-likeness (QED) is 0.0926. The van der Waals surface area contributed by atoms with Crippen LogP contribution in [0.2, 0.25) is 0 Å². The van der Waals surface area contributed by atoms with Crippen LogP contribution < -0.4 is 0 Å². The van der Waals surface area contributed by atoms with Crippen molar-refractivity contribution in [3.05, 3.63) is 89.8 Å². The first-order valence-electron chi connectivity index (χ1n) is 14.8. The molecular formula is C38H48IrNO2-. The maximum atomic E-state index is 11.5. The summed E-state index contributed by atoms with van der Waals surface area (Å²) in [4.78, 5) is 16.3. The Morgan fingerprint density at radius 1 is 0.833 bits per heavy atom. The molecule has 227 valence electrons. The maximum Gasteiger partial charge on any atom is 0.164 e. The minimum absolute atomic E-state index is 0. The second-order valence-corrected chi connectivity index (χ2v) is 14.1. The smallest absolute Gasteiger partial charge is 0.164 e. The molecule has 42 heavy (non-hydrogen) atoms. The van der Waals surface area contributed by atoms with E-state index in [0.717, 1.165) is 24.1 Å². The van der Waals surface area contributed by atoms with Crippen molar-refractivity contribution in [2.24, 2.45) is 22.7 Å². The van der Waals surface area contributed by atoms with Crippen LogP contribution in [0.15, 0.2) is 72.6 Å². The van der Waals surface area contributed by atoms with Crippen LogP contribution >= 0.6 is 0 Å². The number of benzene rings is 3. The van der Waals surface area contributed by atoms with Gasteiger partial charge in [0.1, 0.15) is 5.76 Å². The molecule has 0 atom stereocenters. The predicted octanol–water partition coefficient (Wildman–Crippen LogP) is 10.3. The minimum atomic E-state index is -0.417. The van der Waals surface area contributed by atoms with Crippen LogP contribution in [-0.2, 0) is 37.7 Å². The van der Waals surface area contributed by atoms with Crippen molar-refractivity contribution in [2.45, 2.75) is 82.1 Å². The number of ketones is 1. The third-order valence-corrected chi connectivity index (χ3v) is 6.96. The molecular weight excluding hydrogens is 695 g/mol. The Morgan fingerprint density at radius 2 is 1.48 bits per heavy atom. The van der Waals surface area contributed by atoms with E-state index in [1.807, 2.05) is 47.7 Å². The van der Waals surface area contributed by atoms with Gasteiger partial charge in [-0.05, 0) is 58.0 Å². The van der Waals surface area contributed by atoms with Gasteiger partial charge in [-0.25, -0.2) is 0 Å². The molecule has 0 unspecified atom stereocenters. The van der Waals surface area contributed by atoms with Crippen LogP contribution in [0.25, 0.3) is 32.8 Å². The number of aliphatic hydroxyl groups is 1. The van der Waals surface area contributed by atoms with Gasteiger partial charge in [-0.1, -0.05) is 106 Å². The van der Waals surface area contributed by atoms with Crippen LogP contribution in [0.1, 0.15) is 80.4 Å². The summed E-state index contributed by atoms with van der Waals surface area (Å²) in [7, 11) is 0. The molecule has 1 aromatic heterocycles. The molecule has 4 aromatic rings. The molecule has 0 saturated carbocycles. The number of rotatable bonds is 6. The summed E-state index contributed by atoms with van der Waals surface area (Å²) < 4.78 is 0. The van der Waals surface area contributed by atoms with E-state index in [2.05, 4.69) is 88.4 Å². The van der Waals surface area contributed by atoms with Gasteiger partial charge in [0, 0.05) is 43.2 Å². The molecule has 0 spiro atoms. The van der Waals surface area contributed by atoms with Gasteiger partial charge in [0.25, 0.3) is 0 Å². The topological polar surface area (TPSA) is 50.2 Å². The molecule has 0 amide bonds. The molecule has 0 saturated heterocycles. The molecule has 1 radical (unpaired) electrons. The number of allylic oxidation sites excluding steroid dienone is 2. The predicted molar refractivity (Wildman–Crippen MR) is 175 cm³/mol. The zero-order valence-electron chi connectivity index (χ0n) is 27.1. The Bertz CT molecular complexity index is 1510. The molecule has 0 aliphatic rings. The molecule has 3 nitrogen and oxygen atoms in total. The van der Waals surface area contributed by atoms with Gasteiger partial charge in [0.05, 0.1) is 0 Å². The van der Waals surface area contributed by atoms with Gasteiger partial charge in [-0.3, -0.25) is 4.79 Å². The van der Waals surface area contributed by atoms with Crippen LogP contribution in [0.3, 0.4) is 0 Å². The van der Waals surface area contributed by atoms with Crippen LogP contribution in [-0.4, -0.2) is 15.9 Å². The van der Waals surface area contributed by atoms with Gasteiger partial charge in [0.15, 0.2) is 5.78 Å². The summed E-state index contributed by atoms with van der Waals surface area (Å²) >= 11 is 0. The maximum absolute atomic E-state index is 11.5. The number of carbonyl (C=O) groups is 1. The third-order valence-electron chi connectivity index (χ3n) is 6.96. The Balaban J connectivity index is 0.000000377. The molecule has 4 heteroatoms. The second-order valence-electron chi connectivity index (χ2n) is 14.1. The Hall–Kier alpha value is -2.81. The van der Waals surface area contributed by atoms with Crippen molar-refractivity contribution in [3.8, 4) is 11.3 Å². The number of pyridine rings is 1. The first-order valence-corrected chi connectivity index (χ1v) is 14.8. The molecule has 3 aromatic carbocycles. The number of nitrogens with zero attached hydrogens (tertiary/aromatic N) is 1. The number of hydrogen-bond donors (Lipinski definition) is 1. The molecule has 4 rings (SSSR count). The molecule has 0 aliphatic heterocycles. The van der Waals surface area contributed by atoms with E-state index in [0.29, 0.717) is 11.8 Å². The summed E-state index contributed by atoms with van der Waals surface area (Å²) in [5.41, 5.74) is 4.08. The monoisotopic (exact) mass is 743 g/mol. The number of fused-ring (bicyclic) bond motifs is 3. The molecule has 0 bridgehead atoms. The average Bonchev–Trinajstić information content (AvgIpc) is 2.86. The fraction of sp³-hybridized carbons (Fsp3) is 0.421. The fourth-order valence-corrected chi connectivity index (χ4v) is 4.67. The van der Waals surface area contributed by atoms with Crippen molar-refractivity contribution < 1.29 is 30.0 Å². The van der Waals surface area contributed by atoms with Crippen molar-refractivity contribution in [3.63, 3.8) is 0 Å². The third kappa shape index (κ3) is 9.61. The fourth-order valence-electron chi connectivity index (χ4n) is 4.67. The number of carbonyl (C=O) groups excluding carboxylic acids is 1. The normalized spacial score (nSPS) is 12.3. The van der Waals surface area contributed by atoms with E-state index < -0.39 is 5.41 Å². The molecule has 0 fully saturated rings. The van der Waals surface area contributed by atoms with Crippen LogP contribution in [0, 0.1) is 28.7 Å². The molecule has 1 heterocycles. The summed E-state index contributed by atoms with van der Waals surface area (Å²) in [6, 6.07) is 23.4. The van der Waals surface area contributed by atoms with E-state index in [-0.39, 0.29) is 37.1 Å². The largest absolute Gasteiger partial charge is 0.512 e. The van der Waals surface area contributed by atoms with Crippen molar-refractivity contribution in [2.75, 3.05) is 0 Å². The Labute approximate surface area is 267 Å². The summed E-state index contributed by atoms with van der Waals surface area (Å²) in [5.74, 6) is 1.35. The van der Waals surface area contributed by atoms with E-state index in [4.69, 9.17) is 4.98 Å². The minimum Gasteiger partial charge on any atom is -0.512 e. The first-order chi connectivity index (χ1) is 19.1. The molecule has 1 N–H and O–H groups in total. The van der Waals surface area contributed by atoms with Gasteiger partial charge in [-0.2, -0.15) is 0 Å². The van der Waals surface area contributed by atoms with Gasteiger partial charge in [-0.15, -0.1) is 34.9 Å². The second kappa shape index (κ2) is 14.6. The average molecular weight is 743 g/mol. The van der Waals surface area contributed by atoms with Crippen LogP contribution in [0.4, 0.5) is 0 Å². The van der Waals surface area contributed by atoms with E-state index in [9.17, 15) is 9.90 Å². The van der Waals surface area contributed by atoms with Crippen molar-refractivity contribution in [1.82, 2.24) is 4.98 Å². The SMILES string of the molecule is CC(C)(C)C(=O)/C=C(\O)C(C)(C)C.CC(C)Cc1[c-]c(-c2nccc3c2ccc2ccccc23)cc(CC(C)C)c1.[Ir]. The summed E-state index contributed by atoms with van der Waals surface area (Å²) in [6.45, 7) is 20.2. The zero-order chi connectivity index (χ0) is 30.5. The van der Waals surface area contributed by atoms with E-state index in [1.54, 1.807) is 0 Å². The van der Waals surface area contributed by atoms with Gasteiger partial charge in [0.2, 0.25) is 0 Å². The summed E-state index contributed by atoms with van der Waals surface area (Å²) in [5, 5.41) is 14.6. The van der Waals surface area contributed by atoms with E-state index >= 15 is 0 Å². The van der Waals surface area contributed by atoms with Crippen LogP contribution in [0.5, 0.6) is 0 Å². The van der Waals surface area contributed by atoms with Crippen molar-refractivity contribution in [1.29, 1.82) is 0 Å². The number of aliphatic hydroxyl groups excluding tert-OH is 1. The van der Waals surface area contributed by atoms with Gasteiger partial charge < -0.3 is 10.1 Å². The standard InChI is InChI=1S/C27H28N.C11H20O2.Ir/c1-18(2)13-20-15-21(14-19(3)4)17-23(16-20)27-26-10-9-22-7-5-6-8-24(22)25(26)11-12-28-27;1-10(2,3)8(12)7-9(13)11(4,5)6;/h5-12,15-16,18-19H,13-14H2,1-4H3;7,12H,1-6H3;/q-1;;/b;8-7-;. The number of aromatic nitrogens is 1. The number of hydrogen-bond acceptors (Lipinski definition) is 3. The zero-order valence-corrected chi connectivity index (χ0v) is 29.5.